The van der Waals surface area contributed by atoms with Crippen LogP contribution in [-0.2, 0) is 22.8 Å². The van der Waals surface area contributed by atoms with Crippen molar-refractivity contribution in [2.75, 3.05) is 13.2 Å². The number of ether oxygens (including phenoxy) is 1. The molecule has 0 aliphatic carbocycles. The van der Waals surface area contributed by atoms with Gasteiger partial charge < -0.3 is 9.16 Å². The molecule has 0 saturated carbocycles. The summed E-state index contributed by atoms with van der Waals surface area (Å²) in [5, 5.41) is 5.95. The summed E-state index contributed by atoms with van der Waals surface area (Å²) in [6.45, 7) is 7.59. The SMILES string of the molecule is Cc1c(Br)c(COCCC(F)(F)CO[Si](c2ccccc2)(c2ccccc2)C(C)(C)C)nn1C. The minimum Gasteiger partial charge on any atom is -0.401 e. The van der Waals surface area contributed by atoms with E-state index >= 15 is 8.78 Å². The van der Waals surface area contributed by atoms with E-state index in [1.54, 1.807) is 4.68 Å². The van der Waals surface area contributed by atoms with Crippen molar-refractivity contribution in [1.82, 2.24) is 9.78 Å². The Hall–Kier alpha value is -1.87. The van der Waals surface area contributed by atoms with Crippen molar-refractivity contribution in [2.24, 2.45) is 7.05 Å². The number of aryl methyl sites for hydroxylation is 1. The highest BCUT2D eigenvalue weighted by molar-refractivity contribution is 9.10. The zero-order valence-corrected chi connectivity index (χ0v) is 23.0. The van der Waals surface area contributed by atoms with E-state index in [0.29, 0.717) is 5.69 Å². The molecule has 0 saturated heterocycles. The van der Waals surface area contributed by atoms with E-state index in [0.717, 1.165) is 20.5 Å². The van der Waals surface area contributed by atoms with E-state index in [1.807, 2.05) is 74.6 Å². The van der Waals surface area contributed by atoms with Crippen LogP contribution in [0.1, 0.15) is 38.6 Å². The predicted molar refractivity (Wildman–Crippen MR) is 138 cm³/mol. The fraction of sp³-hybridized carbons (Fsp3) is 0.423. The van der Waals surface area contributed by atoms with Gasteiger partial charge in [-0.25, -0.2) is 8.78 Å². The molecule has 0 aliphatic rings. The molecule has 0 amide bonds. The van der Waals surface area contributed by atoms with Crippen molar-refractivity contribution in [3.05, 3.63) is 76.5 Å². The average molecular weight is 552 g/mol. The number of aromatic nitrogens is 2. The van der Waals surface area contributed by atoms with Crippen LogP contribution in [0.3, 0.4) is 0 Å². The van der Waals surface area contributed by atoms with Crippen LogP contribution < -0.4 is 10.4 Å². The van der Waals surface area contributed by atoms with Crippen LogP contribution in [0.25, 0.3) is 0 Å². The van der Waals surface area contributed by atoms with Crippen LogP contribution in [0, 0.1) is 6.92 Å². The lowest BCUT2D eigenvalue weighted by Crippen LogP contribution is -2.67. The maximum Gasteiger partial charge on any atom is 0.271 e. The molecule has 3 rings (SSSR count). The predicted octanol–water partition coefficient (Wildman–Crippen LogP) is 5.61. The highest BCUT2D eigenvalue weighted by atomic mass is 79.9. The fourth-order valence-electron chi connectivity index (χ4n) is 4.18. The Balaban J connectivity index is 1.74. The molecule has 4 nitrogen and oxygen atoms in total. The number of benzene rings is 2. The Morgan fingerprint density at radius 1 is 0.971 bits per heavy atom. The Labute approximate surface area is 210 Å². The van der Waals surface area contributed by atoms with E-state index in [2.05, 4.69) is 41.8 Å². The third-order valence-corrected chi connectivity index (χ3v) is 12.1. The third-order valence-electron chi connectivity index (χ3n) is 6.09. The first-order chi connectivity index (χ1) is 16.0. The first kappa shape index (κ1) is 26.7. The van der Waals surface area contributed by atoms with Crippen molar-refractivity contribution in [1.29, 1.82) is 0 Å². The van der Waals surface area contributed by atoms with Gasteiger partial charge in [-0.05, 0) is 38.3 Å². The van der Waals surface area contributed by atoms with Crippen molar-refractivity contribution >= 4 is 34.6 Å². The largest absolute Gasteiger partial charge is 0.401 e. The van der Waals surface area contributed by atoms with Gasteiger partial charge in [-0.2, -0.15) is 5.10 Å². The Morgan fingerprint density at radius 3 is 1.94 bits per heavy atom. The van der Waals surface area contributed by atoms with Gasteiger partial charge in [0.1, 0.15) is 5.69 Å². The van der Waals surface area contributed by atoms with Crippen LogP contribution >= 0.6 is 15.9 Å². The lowest BCUT2D eigenvalue weighted by atomic mass is 10.2. The van der Waals surface area contributed by atoms with Crippen molar-refractivity contribution in [3.63, 3.8) is 0 Å². The highest BCUT2D eigenvalue weighted by Gasteiger charge is 2.51. The summed E-state index contributed by atoms with van der Waals surface area (Å²) >= 11 is 3.48. The zero-order valence-electron chi connectivity index (χ0n) is 20.4. The summed E-state index contributed by atoms with van der Waals surface area (Å²) in [4.78, 5) is 0. The molecule has 0 spiro atoms. The van der Waals surface area contributed by atoms with Gasteiger partial charge in [-0.3, -0.25) is 4.68 Å². The van der Waals surface area contributed by atoms with Crippen LogP contribution in [-0.4, -0.2) is 37.2 Å². The second kappa shape index (κ2) is 10.8. The molecule has 0 N–H and O–H groups in total. The second-order valence-electron chi connectivity index (χ2n) is 9.58. The van der Waals surface area contributed by atoms with E-state index in [9.17, 15) is 0 Å². The van der Waals surface area contributed by atoms with Crippen molar-refractivity contribution in [3.8, 4) is 0 Å². The van der Waals surface area contributed by atoms with Crippen molar-refractivity contribution in [2.45, 2.75) is 51.7 Å². The van der Waals surface area contributed by atoms with Crippen molar-refractivity contribution < 1.29 is 17.9 Å². The van der Waals surface area contributed by atoms with Gasteiger partial charge in [0.15, 0.2) is 0 Å². The van der Waals surface area contributed by atoms with Gasteiger partial charge in [0.05, 0.1) is 24.3 Å². The molecular weight excluding hydrogens is 518 g/mol. The normalized spacial score (nSPS) is 12.8. The molecule has 0 bridgehead atoms. The summed E-state index contributed by atoms with van der Waals surface area (Å²) in [7, 11) is -1.18. The third kappa shape index (κ3) is 5.85. The number of hydrogen-bond acceptors (Lipinski definition) is 3. The first-order valence-corrected chi connectivity index (χ1v) is 14.1. The van der Waals surface area contributed by atoms with Gasteiger partial charge in [0.2, 0.25) is 0 Å². The molecule has 34 heavy (non-hydrogen) atoms. The van der Waals surface area contributed by atoms with Gasteiger partial charge in [-0.1, -0.05) is 81.4 Å². The molecule has 0 radical (unpaired) electrons. The number of rotatable bonds is 10. The molecule has 2 aromatic carbocycles. The Kier molecular flexibility index (Phi) is 8.50. The summed E-state index contributed by atoms with van der Waals surface area (Å²) < 4.78 is 44.6. The van der Waals surface area contributed by atoms with Crippen LogP contribution in [0.5, 0.6) is 0 Å². The molecule has 0 unspecified atom stereocenters. The highest BCUT2D eigenvalue weighted by Crippen LogP contribution is 2.38. The first-order valence-electron chi connectivity index (χ1n) is 11.4. The lowest BCUT2D eigenvalue weighted by Gasteiger charge is -2.43. The average Bonchev–Trinajstić information content (AvgIpc) is 3.04. The van der Waals surface area contributed by atoms with Gasteiger partial charge in [0.25, 0.3) is 14.2 Å². The molecule has 184 valence electrons. The van der Waals surface area contributed by atoms with Gasteiger partial charge in [0, 0.05) is 19.2 Å². The molecule has 3 aromatic rings. The number of alkyl halides is 2. The summed E-state index contributed by atoms with van der Waals surface area (Å²) in [6, 6.07) is 19.6. The van der Waals surface area contributed by atoms with Gasteiger partial charge in [-0.15, -0.1) is 0 Å². The van der Waals surface area contributed by atoms with Gasteiger partial charge >= 0.3 is 0 Å². The monoisotopic (exact) mass is 550 g/mol. The smallest absolute Gasteiger partial charge is 0.271 e. The second-order valence-corrected chi connectivity index (χ2v) is 14.7. The minimum absolute atomic E-state index is 0.0842. The number of hydrogen-bond donors (Lipinski definition) is 0. The Bertz CT molecular complexity index is 1030. The lowest BCUT2D eigenvalue weighted by molar-refractivity contribution is -0.0692. The number of nitrogens with zero attached hydrogens (tertiary/aromatic N) is 2. The molecule has 0 atom stereocenters. The molecule has 0 fully saturated rings. The van der Waals surface area contributed by atoms with Crippen LogP contribution in [0.4, 0.5) is 8.78 Å². The van der Waals surface area contributed by atoms with Crippen LogP contribution in [0.15, 0.2) is 65.1 Å². The molecule has 8 heteroatoms. The topological polar surface area (TPSA) is 36.3 Å². The maximum atomic E-state index is 15.0. The minimum atomic E-state index is -3.02. The van der Waals surface area contributed by atoms with E-state index < -0.39 is 27.3 Å². The maximum absolute atomic E-state index is 15.0. The van der Waals surface area contributed by atoms with Crippen LogP contribution in [0.2, 0.25) is 5.04 Å². The Morgan fingerprint density at radius 2 is 1.50 bits per heavy atom. The molecule has 1 heterocycles. The summed E-state index contributed by atoms with van der Waals surface area (Å²) in [5.74, 6) is -3.02. The fourth-order valence-corrected chi connectivity index (χ4v) is 9.21. The quantitative estimate of drug-likeness (QED) is 0.243. The summed E-state index contributed by atoms with van der Waals surface area (Å²) in [5.41, 5.74) is 1.66. The number of halogens is 3. The zero-order chi connectivity index (χ0) is 25.0. The van der Waals surface area contributed by atoms with E-state index in [-0.39, 0.29) is 18.3 Å². The summed E-state index contributed by atoms with van der Waals surface area (Å²) in [6.07, 6.45) is -0.422. The van der Waals surface area contributed by atoms with E-state index in [4.69, 9.17) is 9.16 Å². The standard InChI is InChI=1S/C26H33BrF2N2O2Si/c1-20-24(27)23(30-31(20)5)18-32-17-16-26(28,29)19-33-34(25(2,3)4,21-12-8-6-9-13-21)22-14-10-7-11-15-22/h6-15H,16-19H2,1-5H3. The molecule has 0 aliphatic heterocycles. The van der Waals surface area contributed by atoms with E-state index in [1.165, 1.54) is 0 Å². The molecule has 1 aromatic heterocycles. The molecular formula is C26H33BrF2N2O2Si.